The molecule has 212 valence electrons. The summed E-state index contributed by atoms with van der Waals surface area (Å²) in [5.74, 6) is -1.01. The third kappa shape index (κ3) is 4.69. The van der Waals surface area contributed by atoms with E-state index < -0.39 is 22.5 Å². The van der Waals surface area contributed by atoms with Gasteiger partial charge in [-0.15, -0.1) is 0 Å². The van der Waals surface area contributed by atoms with Gasteiger partial charge in [0.05, 0.1) is 11.3 Å². The van der Waals surface area contributed by atoms with Crippen LogP contribution in [0.4, 0.5) is 0 Å². The number of hydrogen-bond donors (Lipinski definition) is 4. The van der Waals surface area contributed by atoms with E-state index in [1.807, 2.05) is 85.8 Å². The fourth-order valence-corrected chi connectivity index (χ4v) is 7.81. The van der Waals surface area contributed by atoms with Gasteiger partial charge in [0.15, 0.2) is 0 Å². The van der Waals surface area contributed by atoms with Gasteiger partial charge in [-0.05, 0) is 67.6 Å². The van der Waals surface area contributed by atoms with Crippen molar-refractivity contribution < 1.29 is 19.8 Å². The third-order valence-electron chi connectivity index (χ3n) is 9.94. The Labute approximate surface area is 241 Å². The first kappa shape index (κ1) is 27.4. The maximum Gasteiger partial charge on any atom is 0.255 e. The number of Topliss-reactive ketones (excluding diaryl/α,β-unsaturated/α-hetero) is 1. The highest BCUT2D eigenvalue weighted by Crippen LogP contribution is 2.63. The zero-order chi connectivity index (χ0) is 28.8. The van der Waals surface area contributed by atoms with Crippen LogP contribution in [-0.2, 0) is 21.6 Å². The van der Waals surface area contributed by atoms with Gasteiger partial charge in [-0.2, -0.15) is 0 Å². The van der Waals surface area contributed by atoms with E-state index >= 15 is 0 Å². The van der Waals surface area contributed by atoms with Gasteiger partial charge in [0.25, 0.3) is 5.91 Å². The molecule has 3 aliphatic carbocycles. The van der Waals surface area contributed by atoms with E-state index in [1.165, 1.54) is 0 Å². The number of nitrogens with one attached hydrogen (secondary N) is 2. The summed E-state index contributed by atoms with van der Waals surface area (Å²) in [6.07, 6.45) is 11.1. The summed E-state index contributed by atoms with van der Waals surface area (Å²) in [5, 5.41) is 30.4. The van der Waals surface area contributed by atoms with Crippen LogP contribution < -0.4 is 10.6 Å². The first-order chi connectivity index (χ1) is 19.6. The van der Waals surface area contributed by atoms with Gasteiger partial charge >= 0.3 is 0 Å². The van der Waals surface area contributed by atoms with Crippen molar-refractivity contribution >= 4 is 11.7 Å². The molecule has 2 fully saturated rings. The van der Waals surface area contributed by atoms with E-state index in [0.29, 0.717) is 24.0 Å². The topological polar surface area (TPSA) is 98.7 Å². The SMILES string of the molecule is CC1=C(NC(=O)C2=CC3C(=O)C[C@@H]4C[C@@](O)(c5ccccc5)[C@](C)(O)C[C@@]4(Cc4ccccc4)C3C=C2)C=CCN1. The summed E-state index contributed by atoms with van der Waals surface area (Å²) < 4.78 is 0. The van der Waals surface area contributed by atoms with Gasteiger partial charge in [-0.1, -0.05) is 85.0 Å². The molecule has 0 aromatic heterocycles. The predicted molar refractivity (Wildman–Crippen MR) is 158 cm³/mol. The summed E-state index contributed by atoms with van der Waals surface area (Å²) >= 11 is 0. The number of hydrogen-bond acceptors (Lipinski definition) is 5. The Morgan fingerprint density at radius 2 is 1.76 bits per heavy atom. The van der Waals surface area contributed by atoms with Gasteiger partial charge in [0.1, 0.15) is 11.4 Å². The van der Waals surface area contributed by atoms with Crippen molar-refractivity contribution in [3.05, 3.63) is 119 Å². The average molecular weight is 551 g/mol. The number of carbonyl (C=O) groups excluding carboxylic acids is 2. The molecule has 6 rings (SSSR count). The first-order valence-electron chi connectivity index (χ1n) is 14.5. The molecule has 2 unspecified atom stereocenters. The molecule has 0 bridgehead atoms. The maximum absolute atomic E-state index is 13.8. The fourth-order valence-electron chi connectivity index (χ4n) is 7.81. The third-order valence-corrected chi connectivity index (χ3v) is 9.94. The number of rotatable bonds is 5. The van der Waals surface area contributed by atoms with Crippen molar-refractivity contribution in [2.75, 3.05) is 6.54 Å². The van der Waals surface area contributed by atoms with Gasteiger partial charge in [-0.25, -0.2) is 0 Å². The smallest absolute Gasteiger partial charge is 0.255 e. The Hall–Kier alpha value is -3.74. The van der Waals surface area contributed by atoms with Gasteiger partial charge in [-0.3, -0.25) is 9.59 Å². The molecule has 4 N–H and O–H groups in total. The lowest BCUT2D eigenvalue weighted by Crippen LogP contribution is -2.64. The number of dihydropyridines is 1. The molecule has 4 aliphatic rings. The quantitative estimate of drug-likeness (QED) is 0.440. The number of fused-ring (bicyclic) bond motifs is 3. The zero-order valence-corrected chi connectivity index (χ0v) is 23.6. The second-order valence-corrected chi connectivity index (χ2v) is 12.5. The average Bonchev–Trinajstić information content (AvgIpc) is 2.97. The van der Waals surface area contributed by atoms with Crippen LogP contribution in [-0.4, -0.2) is 34.0 Å². The van der Waals surface area contributed by atoms with Gasteiger partial charge < -0.3 is 20.8 Å². The van der Waals surface area contributed by atoms with Crippen molar-refractivity contribution in [3.8, 4) is 0 Å². The minimum Gasteiger partial charge on any atom is -0.387 e. The summed E-state index contributed by atoms with van der Waals surface area (Å²) in [5.41, 5.74) is 0.463. The molecule has 0 saturated heterocycles. The number of allylic oxidation sites excluding steroid dienone is 4. The molecule has 1 heterocycles. The Morgan fingerprint density at radius 1 is 1.05 bits per heavy atom. The normalized spacial score (nSPS) is 34.3. The van der Waals surface area contributed by atoms with Gasteiger partial charge in [0.2, 0.25) is 0 Å². The monoisotopic (exact) mass is 550 g/mol. The lowest BCUT2D eigenvalue weighted by Gasteiger charge is -2.62. The number of aliphatic hydroxyl groups is 2. The molecule has 6 heteroatoms. The van der Waals surface area contributed by atoms with E-state index in [2.05, 4.69) is 22.8 Å². The van der Waals surface area contributed by atoms with Crippen LogP contribution in [0, 0.1) is 23.2 Å². The molecule has 6 nitrogen and oxygen atoms in total. The van der Waals surface area contributed by atoms with Crippen molar-refractivity contribution in [3.63, 3.8) is 0 Å². The number of ketones is 1. The van der Waals surface area contributed by atoms with Gasteiger partial charge in [0, 0.05) is 30.2 Å². The zero-order valence-electron chi connectivity index (χ0n) is 23.6. The lowest BCUT2D eigenvalue weighted by molar-refractivity contribution is -0.231. The molecule has 0 radical (unpaired) electrons. The molecule has 1 aliphatic heterocycles. The Balaban J connectivity index is 1.38. The van der Waals surface area contributed by atoms with E-state index in [4.69, 9.17) is 0 Å². The first-order valence-corrected chi connectivity index (χ1v) is 14.5. The lowest BCUT2D eigenvalue weighted by atomic mass is 9.44. The Morgan fingerprint density at radius 3 is 2.46 bits per heavy atom. The molecule has 0 spiro atoms. The molecule has 1 amide bonds. The largest absolute Gasteiger partial charge is 0.387 e. The van der Waals surface area contributed by atoms with Crippen LogP contribution in [0.2, 0.25) is 0 Å². The molecule has 2 saturated carbocycles. The molecule has 2 aromatic carbocycles. The molecule has 6 atom stereocenters. The summed E-state index contributed by atoms with van der Waals surface area (Å²) in [4.78, 5) is 27.1. The number of benzene rings is 2. The molecular weight excluding hydrogens is 512 g/mol. The maximum atomic E-state index is 13.8. The van der Waals surface area contributed by atoms with Crippen LogP contribution in [0.5, 0.6) is 0 Å². The second-order valence-electron chi connectivity index (χ2n) is 12.5. The molecular formula is C35H38N2O4. The molecule has 2 aromatic rings. The highest BCUT2D eigenvalue weighted by atomic mass is 16.4. The summed E-state index contributed by atoms with van der Waals surface area (Å²) in [6.45, 7) is 4.38. The van der Waals surface area contributed by atoms with Crippen LogP contribution in [0.1, 0.15) is 44.2 Å². The Kier molecular flexibility index (Phi) is 6.87. The van der Waals surface area contributed by atoms with Crippen LogP contribution in [0.25, 0.3) is 0 Å². The van der Waals surface area contributed by atoms with Crippen LogP contribution in [0.15, 0.2) is 108 Å². The Bertz CT molecular complexity index is 1470. The highest BCUT2D eigenvalue weighted by molar-refractivity contribution is 5.99. The van der Waals surface area contributed by atoms with Crippen LogP contribution >= 0.6 is 0 Å². The van der Waals surface area contributed by atoms with Crippen LogP contribution in [0.3, 0.4) is 0 Å². The summed E-state index contributed by atoms with van der Waals surface area (Å²) in [7, 11) is 0. The predicted octanol–water partition coefficient (Wildman–Crippen LogP) is 4.47. The summed E-state index contributed by atoms with van der Waals surface area (Å²) in [6, 6.07) is 19.5. The standard InChI is InChI=1S/C35H38N2O4/c1-23-30(14-9-17-36-23)37-32(39)25-15-16-29-28(18-25)31(38)19-27-21-35(41,26-12-7-4-8-13-26)33(2,40)22-34(27,29)20-24-10-5-3-6-11-24/h3-16,18,27-29,36,40-41H,17,19-22H2,1-2H3,(H,37,39)/t27-,28?,29?,33-,34-,35-/m1/s1. The number of carbonyl (C=O) groups is 2. The van der Waals surface area contributed by atoms with Crippen molar-refractivity contribution in [1.29, 1.82) is 0 Å². The van der Waals surface area contributed by atoms with E-state index in [-0.39, 0.29) is 36.4 Å². The fraction of sp³-hybridized carbons (Fsp3) is 0.371. The minimum atomic E-state index is -1.49. The number of amides is 1. The van der Waals surface area contributed by atoms with Crippen molar-refractivity contribution in [2.45, 2.75) is 50.7 Å². The highest BCUT2D eigenvalue weighted by Gasteiger charge is 2.65. The van der Waals surface area contributed by atoms with E-state index in [1.54, 1.807) is 6.92 Å². The van der Waals surface area contributed by atoms with Crippen molar-refractivity contribution in [2.24, 2.45) is 23.2 Å². The second kappa shape index (κ2) is 10.3. The minimum absolute atomic E-state index is 0.0740. The van der Waals surface area contributed by atoms with E-state index in [0.717, 1.165) is 23.5 Å². The molecule has 41 heavy (non-hydrogen) atoms. The van der Waals surface area contributed by atoms with Crippen molar-refractivity contribution in [1.82, 2.24) is 10.6 Å². The van der Waals surface area contributed by atoms with E-state index in [9.17, 15) is 19.8 Å².